The van der Waals surface area contributed by atoms with Crippen LogP contribution in [0.4, 0.5) is 0 Å². The second-order valence-corrected chi connectivity index (χ2v) is 7.06. The van der Waals surface area contributed by atoms with Gasteiger partial charge in [-0.2, -0.15) is 0 Å². The number of sulfone groups is 1. The zero-order chi connectivity index (χ0) is 14.7. The first-order valence-corrected chi connectivity index (χ1v) is 7.45. The predicted molar refractivity (Wildman–Crippen MR) is 73.4 cm³/mol. The third kappa shape index (κ3) is 4.55. The van der Waals surface area contributed by atoms with E-state index in [2.05, 4.69) is 4.84 Å². The number of aryl methyl sites for hydroxylation is 1. The van der Waals surface area contributed by atoms with Gasteiger partial charge in [0.2, 0.25) is 9.84 Å². The lowest BCUT2D eigenvalue weighted by molar-refractivity contribution is 0.0956. The van der Waals surface area contributed by atoms with Gasteiger partial charge in [-0.3, -0.25) is 4.84 Å². The van der Waals surface area contributed by atoms with Crippen molar-refractivity contribution in [2.24, 2.45) is 17.4 Å². The van der Waals surface area contributed by atoms with E-state index in [0.717, 1.165) is 5.56 Å². The van der Waals surface area contributed by atoms with Crippen LogP contribution in [0.5, 0.6) is 0 Å². The standard InChI is InChI=1S/C12H21N3O3S/c1-9-3-5-10(6-4-9)19(16,17)11(18-15)7-8-12(2,13)14/h3-6,11H,7-8,13-15H2,1-2H3. The molecule has 1 aromatic rings. The van der Waals surface area contributed by atoms with Gasteiger partial charge < -0.3 is 11.5 Å². The first-order chi connectivity index (χ1) is 8.66. The third-order valence-corrected chi connectivity index (χ3v) is 4.73. The van der Waals surface area contributed by atoms with Crippen LogP contribution >= 0.6 is 0 Å². The molecule has 6 nitrogen and oxygen atoms in total. The molecule has 0 saturated carbocycles. The molecule has 0 spiro atoms. The Kier molecular flexibility index (Phi) is 5.05. The molecule has 0 fully saturated rings. The summed E-state index contributed by atoms with van der Waals surface area (Å²) in [6, 6.07) is 6.49. The van der Waals surface area contributed by atoms with Crippen molar-refractivity contribution in [1.82, 2.24) is 0 Å². The van der Waals surface area contributed by atoms with Crippen LogP contribution < -0.4 is 17.4 Å². The monoisotopic (exact) mass is 287 g/mol. The van der Waals surface area contributed by atoms with E-state index in [4.69, 9.17) is 17.4 Å². The molecule has 0 heterocycles. The Morgan fingerprint density at radius 3 is 2.21 bits per heavy atom. The van der Waals surface area contributed by atoms with E-state index in [1.807, 2.05) is 6.92 Å². The van der Waals surface area contributed by atoms with E-state index in [1.165, 1.54) is 12.1 Å². The van der Waals surface area contributed by atoms with Gasteiger partial charge in [0.1, 0.15) is 0 Å². The summed E-state index contributed by atoms with van der Waals surface area (Å²) in [4.78, 5) is 4.77. The van der Waals surface area contributed by atoms with E-state index in [0.29, 0.717) is 0 Å². The van der Waals surface area contributed by atoms with Crippen molar-refractivity contribution in [3.8, 4) is 0 Å². The van der Waals surface area contributed by atoms with Gasteiger partial charge in [0.25, 0.3) is 0 Å². The Morgan fingerprint density at radius 2 is 1.79 bits per heavy atom. The topological polar surface area (TPSA) is 121 Å². The van der Waals surface area contributed by atoms with E-state index in [9.17, 15) is 8.42 Å². The highest BCUT2D eigenvalue weighted by Gasteiger charge is 2.29. The van der Waals surface area contributed by atoms with Crippen molar-refractivity contribution >= 4 is 9.84 Å². The molecule has 0 bridgehead atoms. The zero-order valence-electron chi connectivity index (χ0n) is 11.2. The fourth-order valence-electron chi connectivity index (χ4n) is 1.60. The maximum atomic E-state index is 12.3. The Balaban J connectivity index is 2.93. The number of hydrogen-bond acceptors (Lipinski definition) is 6. The van der Waals surface area contributed by atoms with Crippen LogP contribution in [0.25, 0.3) is 0 Å². The molecule has 6 N–H and O–H groups in total. The summed E-state index contributed by atoms with van der Waals surface area (Å²) in [6.45, 7) is 3.49. The van der Waals surface area contributed by atoms with Crippen LogP contribution in [0.15, 0.2) is 29.2 Å². The lowest BCUT2D eigenvalue weighted by Gasteiger charge is -2.22. The second-order valence-electron chi connectivity index (χ2n) is 4.97. The molecule has 1 unspecified atom stereocenters. The van der Waals surface area contributed by atoms with Gasteiger partial charge in [-0.1, -0.05) is 17.7 Å². The van der Waals surface area contributed by atoms with Crippen LogP contribution in [0, 0.1) is 6.92 Å². The number of rotatable bonds is 6. The smallest absolute Gasteiger partial charge is 0.207 e. The Bertz CT molecular complexity index is 506. The normalized spacial score (nSPS) is 14.4. The van der Waals surface area contributed by atoms with Crippen molar-refractivity contribution < 1.29 is 13.3 Å². The average Bonchev–Trinajstić information content (AvgIpc) is 2.28. The summed E-state index contributed by atoms with van der Waals surface area (Å²) in [6.07, 6.45) is 0.413. The number of nitrogens with two attached hydrogens (primary N) is 3. The first kappa shape index (κ1) is 16.1. The zero-order valence-corrected chi connectivity index (χ0v) is 12.0. The molecule has 0 aliphatic rings. The van der Waals surface area contributed by atoms with Gasteiger partial charge in [-0.15, -0.1) is 0 Å². The second kappa shape index (κ2) is 5.98. The lowest BCUT2D eigenvalue weighted by Crippen LogP contribution is -2.47. The van der Waals surface area contributed by atoms with Gasteiger partial charge >= 0.3 is 0 Å². The number of benzene rings is 1. The summed E-state index contributed by atoms with van der Waals surface area (Å²) in [5, 5.41) is 0. The van der Waals surface area contributed by atoms with Gasteiger partial charge in [0, 0.05) is 0 Å². The molecule has 1 rings (SSSR count). The van der Waals surface area contributed by atoms with E-state index in [1.54, 1.807) is 19.1 Å². The van der Waals surface area contributed by atoms with Crippen LogP contribution in [0.2, 0.25) is 0 Å². The highest BCUT2D eigenvalue weighted by Crippen LogP contribution is 2.21. The van der Waals surface area contributed by atoms with Gasteiger partial charge in [-0.25, -0.2) is 14.3 Å². The quantitative estimate of drug-likeness (QED) is 0.514. The highest BCUT2D eigenvalue weighted by atomic mass is 32.2. The number of hydrogen-bond donors (Lipinski definition) is 3. The summed E-state index contributed by atoms with van der Waals surface area (Å²) in [5.41, 5.74) is 10.1. The maximum absolute atomic E-state index is 12.3. The fourth-order valence-corrected chi connectivity index (χ4v) is 3.00. The Hall–Kier alpha value is -0.990. The van der Waals surface area contributed by atoms with Crippen molar-refractivity contribution in [3.63, 3.8) is 0 Å². The molecule has 1 atom stereocenters. The van der Waals surface area contributed by atoms with Crippen molar-refractivity contribution in [2.75, 3.05) is 0 Å². The Labute approximate surface area is 113 Å². The molecule has 1 aromatic carbocycles. The summed E-state index contributed by atoms with van der Waals surface area (Å²) in [7, 11) is -3.65. The van der Waals surface area contributed by atoms with Crippen molar-refractivity contribution in [1.29, 1.82) is 0 Å². The predicted octanol–water partition coefficient (Wildman–Crippen LogP) is 0.399. The van der Waals surface area contributed by atoms with E-state index < -0.39 is 20.9 Å². The molecule has 108 valence electrons. The summed E-state index contributed by atoms with van der Waals surface area (Å²) in [5.74, 6) is 5.09. The molecule has 0 saturated heterocycles. The summed E-state index contributed by atoms with van der Waals surface area (Å²) >= 11 is 0. The molecule has 0 aliphatic heterocycles. The van der Waals surface area contributed by atoms with E-state index in [-0.39, 0.29) is 17.7 Å². The van der Waals surface area contributed by atoms with Crippen molar-refractivity contribution in [3.05, 3.63) is 29.8 Å². The minimum Gasteiger partial charge on any atom is -0.314 e. The molecular formula is C12H21N3O3S. The third-order valence-electron chi connectivity index (χ3n) is 2.77. The van der Waals surface area contributed by atoms with Crippen LogP contribution in [-0.2, 0) is 14.7 Å². The SMILES string of the molecule is Cc1ccc(S(=O)(=O)C(CCC(C)(N)N)ON)cc1. The van der Waals surface area contributed by atoms with Crippen LogP contribution in [0.3, 0.4) is 0 Å². The highest BCUT2D eigenvalue weighted by molar-refractivity contribution is 7.91. The molecule has 0 aliphatic carbocycles. The largest absolute Gasteiger partial charge is 0.314 e. The fraction of sp³-hybridized carbons (Fsp3) is 0.500. The average molecular weight is 287 g/mol. The molecule has 0 amide bonds. The molecule has 0 aromatic heterocycles. The summed E-state index contributed by atoms with van der Waals surface area (Å²) < 4.78 is 24.6. The maximum Gasteiger partial charge on any atom is 0.207 e. The molecule has 0 radical (unpaired) electrons. The Morgan fingerprint density at radius 1 is 1.26 bits per heavy atom. The van der Waals surface area contributed by atoms with Crippen LogP contribution in [0.1, 0.15) is 25.3 Å². The minimum atomic E-state index is -3.65. The van der Waals surface area contributed by atoms with Gasteiger partial charge in [-0.05, 0) is 38.8 Å². The van der Waals surface area contributed by atoms with Gasteiger partial charge in [0.15, 0.2) is 5.44 Å². The van der Waals surface area contributed by atoms with Crippen LogP contribution in [-0.4, -0.2) is 19.5 Å². The molecular weight excluding hydrogens is 266 g/mol. The minimum absolute atomic E-state index is 0.135. The van der Waals surface area contributed by atoms with Crippen molar-refractivity contribution in [2.45, 2.75) is 42.7 Å². The van der Waals surface area contributed by atoms with Gasteiger partial charge in [0.05, 0.1) is 10.6 Å². The lowest BCUT2D eigenvalue weighted by atomic mass is 10.1. The first-order valence-electron chi connectivity index (χ1n) is 5.91. The van der Waals surface area contributed by atoms with E-state index >= 15 is 0 Å². The molecule has 7 heteroatoms. The molecule has 19 heavy (non-hydrogen) atoms.